The van der Waals surface area contributed by atoms with Crippen LogP contribution < -0.4 is 0 Å². The van der Waals surface area contributed by atoms with Crippen molar-refractivity contribution in [1.29, 1.82) is 0 Å². The second kappa shape index (κ2) is 9.88. The lowest BCUT2D eigenvalue weighted by Gasteiger charge is -2.64. The first-order valence-corrected chi connectivity index (χ1v) is 15.0. The second-order valence-corrected chi connectivity index (χ2v) is 14.5. The maximum Gasteiger partial charge on any atom is 0.191 e. The van der Waals surface area contributed by atoms with E-state index in [2.05, 4.69) is 20.8 Å². The van der Waals surface area contributed by atoms with Crippen molar-refractivity contribution >= 4 is 40.6 Å². The van der Waals surface area contributed by atoms with Crippen LogP contribution in [0.1, 0.15) is 82.4 Å². The maximum atomic E-state index is 14.7. The van der Waals surface area contributed by atoms with Crippen molar-refractivity contribution in [2.24, 2.45) is 34.5 Å². The van der Waals surface area contributed by atoms with E-state index in [1.807, 2.05) is 24.3 Å². The third-order valence-electron chi connectivity index (χ3n) is 10.6. The van der Waals surface area contributed by atoms with Crippen LogP contribution in [0.2, 0.25) is 0 Å². The number of carbonyl (C=O) groups excluding carboxylic acids is 5. The highest BCUT2D eigenvalue weighted by atomic mass is 16.3. The summed E-state index contributed by atoms with van der Waals surface area (Å²) in [4.78, 5) is 69.3. The van der Waals surface area contributed by atoms with Gasteiger partial charge in [0.2, 0.25) is 0 Å². The molecule has 3 aliphatic carbocycles. The van der Waals surface area contributed by atoms with Crippen molar-refractivity contribution in [1.82, 2.24) is 0 Å². The number of aromatic hydroxyl groups is 1. The van der Waals surface area contributed by atoms with Gasteiger partial charge in [0.15, 0.2) is 28.7 Å². The van der Waals surface area contributed by atoms with Gasteiger partial charge in [0.25, 0.3) is 0 Å². The summed E-state index contributed by atoms with van der Waals surface area (Å²) in [5.41, 5.74) is -4.73. The number of ketones is 5. The van der Waals surface area contributed by atoms with E-state index in [1.54, 1.807) is 32.1 Å². The largest absolute Gasteiger partial charge is 0.507 e. The Hall–Kier alpha value is -3.75. The Morgan fingerprint density at radius 3 is 2.07 bits per heavy atom. The minimum Gasteiger partial charge on any atom is -0.507 e. The smallest absolute Gasteiger partial charge is 0.191 e. The number of aliphatic hydroxyl groups excluding tert-OH is 1. The third kappa shape index (κ3) is 3.86. The van der Waals surface area contributed by atoms with Gasteiger partial charge in [-0.3, -0.25) is 24.0 Å². The molecule has 44 heavy (non-hydrogen) atoms. The highest BCUT2D eigenvalue weighted by Crippen LogP contribution is 2.66. The van der Waals surface area contributed by atoms with Gasteiger partial charge < -0.3 is 15.3 Å². The summed E-state index contributed by atoms with van der Waals surface area (Å²) in [5.74, 6) is -10.9. The predicted octanol–water partition coefficient (Wildman–Crippen LogP) is 4.36. The van der Waals surface area contributed by atoms with E-state index < -0.39 is 80.9 Å². The molecule has 8 heteroatoms. The molecule has 3 aliphatic rings. The average molecular weight is 601 g/mol. The summed E-state index contributed by atoms with van der Waals surface area (Å²) in [6.07, 6.45) is -0.0423. The monoisotopic (exact) mass is 600 g/mol. The van der Waals surface area contributed by atoms with Gasteiger partial charge >= 0.3 is 0 Å². The maximum absolute atomic E-state index is 14.7. The lowest BCUT2D eigenvalue weighted by molar-refractivity contribution is -0.230. The number of Topliss-reactive ketones (excluding diaryl/α,β-unsaturated/α-hetero) is 5. The molecule has 0 aliphatic heterocycles. The first kappa shape index (κ1) is 31.7. The molecule has 3 unspecified atom stereocenters. The molecule has 2 aromatic rings. The van der Waals surface area contributed by atoms with Crippen LogP contribution in [0.4, 0.5) is 0 Å². The third-order valence-corrected chi connectivity index (χ3v) is 10.6. The van der Waals surface area contributed by atoms with Crippen LogP contribution in [0.5, 0.6) is 5.75 Å². The molecule has 0 spiro atoms. The van der Waals surface area contributed by atoms with E-state index in [0.717, 1.165) is 12.5 Å². The van der Waals surface area contributed by atoms with Gasteiger partial charge in [-0.25, -0.2) is 0 Å². The summed E-state index contributed by atoms with van der Waals surface area (Å²) in [6, 6.07) is 12.2. The molecular weight excluding hydrogens is 560 g/mol. The van der Waals surface area contributed by atoms with Crippen molar-refractivity contribution in [2.45, 2.75) is 72.5 Å². The lowest BCUT2D eigenvalue weighted by Crippen LogP contribution is -2.81. The fourth-order valence-corrected chi connectivity index (χ4v) is 8.36. The van der Waals surface area contributed by atoms with Crippen molar-refractivity contribution in [2.75, 3.05) is 0 Å². The van der Waals surface area contributed by atoms with E-state index in [0.29, 0.717) is 16.7 Å². The van der Waals surface area contributed by atoms with Gasteiger partial charge in [0.1, 0.15) is 17.5 Å². The molecule has 5 rings (SSSR count). The fraction of sp³-hybridized carbons (Fsp3) is 0.472. The zero-order chi connectivity index (χ0) is 32.9. The molecule has 2 aromatic carbocycles. The molecule has 0 saturated heterocycles. The number of fused-ring (bicyclic) bond motifs is 3. The molecule has 8 nitrogen and oxygen atoms in total. The van der Waals surface area contributed by atoms with Crippen LogP contribution in [-0.2, 0) is 24.6 Å². The molecule has 0 radical (unpaired) electrons. The number of rotatable bonds is 3. The number of carbonyl (C=O) groups is 5. The summed E-state index contributed by atoms with van der Waals surface area (Å²) < 4.78 is 0. The fourth-order valence-electron chi connectivity index (χ4n) is 8.36. The molecule has 3 N–H and O–H groups in total. The summed E-state index contributed by atoms with van der Waals surface area (Å²) in [5, 5.41) is 35.7. The van der Waals surface area contributed by atoms with E-state index >= 15 is 0 Å². The number of benzene rings is 2. The van der Waals surface area contributed by atoms with Gasteiger partial charge in [-0.15, -0.1) is 0 Å². The average Bonchev–Trinajstić information content (AvgIpc) is 2.92. The number of phenolic OH excluding ortho intramolecular Hbond substituents is 1. The Kier molecular flexibility index (Phi) is 7.11. The van der Waals surface area contributed by atoms with Gasteiger partial charge in [-0.05, 0) is 46.6 Å². The molecule has 0 bridgehead atoms. The van der Waals surface area contributed by atoms with Crippen LogP contribution in [0, 0.1) is 34.5 Å². The predicted molar refractivity (Wildman–Crippen MR) is 164 cm³/mol. The number of aliphatic hydroxyl groups is 2. The zero-order valence-corrected chi connectivity index (χ0v) is 26.4. The summed E-state index contributed by atoms with van der Waals surface area (Å²) in [7, 11) is 0. The standard InChI is InChI=1S/C36H40O8/c1-17(2)26-28(39)24(18(3)37)30(41)36(44)31(42)27-29(40)25-21(10-9-11-23(25)38)22(34(27,7)32(43)35(26,36)8)16-19-12-14-20(15-13-19)33(4,5)6/h9-17,24,26-27,32,38,43-44H,1-8H3/b22-16+/t24?,26?,27?,32-,34+,35+,36+/m1/s1. The highest BCUT2D eigenvalue weighted by Gasteiger charge is 2.80. The Labute approximate surface area is 257 Å². The van der Waals surface area contributed by atoms with E-state index in [-0.39, 0.29) is 11.0 Å². The summed E-state index contributed by atoms with van der Waals surface area (Å²) >= 11 is 0. The van der Waals surface area contributed by atoms with Gasteiger partial charge in [-0.2, -0.15) is 0 Å². The molecule has 2 saturated carbocycles. The van der Waals surface area contributed by atoms with E-state index in [1.165, 1.54) is 19.9 Å². The van der Waals surface area contributed by atoms with Crippen LogP contribution in [0.25, 0.3) is 11.6 Å². The quantitative estimate of drug-likeness (QED) is 0.441. The molecule has 0 amide bonds. The first-order chi connectivity index (χ1) is 20.3. The van der Waals surface area contributed by atoms with Crippen molar-refractivity contribution in [3.05, 3.63) is 64.7 Å². The minimum atomic E-state index is -3.02. The second-order valence-electron chi connectivity index (χ2n) is 14.5. The minimum absolute atomic E-state index is 0.118. The Bertz CT molecular complexity index is 1660. The van der Waals surface area contributed by atoms with Crippen LogP contribution in [0.3, 0.4) is 0 Å². The molecule has 7 atom stereocenters. The van der Waals surface area contributed by atoms with Gasteiger partial charge in [0.05, 0.1) is 17.6 Å². The Morgan fingerprint density at radius 2 is 1.55 bits per heavy atom. The highest BCUT2D eigenvalue weighted by molar-refractivity contribution is 6.34. The summed E-state index contributed by atoms with van der Waals surface area (Å²) in [6.45, 7) is 13.5. The SMILES string of the molecule is CC(=O)C1C(=O)C(C(C)C)[C@@]2(C)[C@H](O)[C@@]3(C)/C(=C/c4ccc(C(C)(C)C)cc4)c4cccc(O)c4C(=O)C3C(=O)[C@@]2(O)C1=O. The van der Waals surface area contributed by atoms with E-state index in [9.17, 15) is 39.3 Å². The van der Waals surface area contributed by atoms with E-state index in [4.69, 9.17) is 0 Å². The zero-order valence-electron chi connectivity index (χ0n) is 26.4. The number of hydrogen-bond donors (Lipinski definition) is 3. The molecule has 0 heterocycles. The lowest BCUT2D eigenvalue weighted by atomic mass is 9.38. The number of phenols is 1. The van der Waals surface area contributed by atoms with Crippen LogP contribution in [-0.4, -0.2) is 55.9 Å². The van der Waals surface area contributed by atoms with Crippen LogP contribution >= 0.6 is 0 Å². The van der Waals surface area contributed by atoms with Crippen LogP contribution in [0.15, 0.2) is 42.5 Å². The van der Waals surface area contributed by atoms with Crippen molar-refractivity contribution in [3.63, 3.8) is 0 Å². The topological polar surface area (TPSA) is 146 Å². The number of hydrogen-bond acceptors (Lipinski definition) is 8. The van der Waals surface area contributed by atoms with Gasteiger partial charge in [-0.1, -0.05) is 90.9 Å². The normalized spacial score (nSPS) is 34.6. The molecule has 2 fully saturated rings. The molecule has 0 aromatic heterocycles. The Balaban J connectivity index is 1.85. The Morgan fingerprint density at radius 1 is 0.955 bits per heavy atom. The molecule has 232 valence electrons. The van der Waals surface area contributed by atoms with Crippen molar-refractivity contribution in [3.8, 4) is 5.75 Å². The van der Waals surface area contributed by atoms with Gasteiger partial charge in [0, 0.05) is 16.7 Å². The van der Waals surface area contributed by atoms with Crippen molar-refractivity contribution < 1.29 is 39.3 Å². The first-order valence-electron chi connectivity index (χ1n) is 15.0. The molecular formula is C36H40O8.